The van der Waals surface area contributed by atoms with Crippen molar-refractivity contribution in [3.63, 3.8) is 0 Å². The molecule has 1 aliphatic rings. The van der Waals surface area contributed by atoms with E-state index in [4.69, 9.17) is 9.72 Å². The van der Waals surface area contributed by atoms with Gasteiger partial charge in [0.1, 0.15) is 0 Å². The molecule has 174 valence electrons. The number of hydrogen-bond donors (Lipinski definition) is 1. The lowest BCUT2D eigenvalue weighted by atomic mass is 9.83. The maximum absolute atomic E-state index is 6.50. The molecule has 1 saturated carbocycles. The van der Waals surface area contributed by atoms with Gasteiger partial charge in [-0.25, -0.2) is 4.98 Å². The average Bonchev–Trinajstić information content (AvgIpc) is 3.57. The minimum absolute atomic E-state index is 0.570. The van der Waals surface area contributed by atoms with E-state index >= 15 is 0 Å². The lowest BCUT2D eigenvalue weighted by molar-refractivity contribution is 0.121. The summed E-state index contributed by atoms with van der Waals surface area (Å²) in [6.07, 6.45) is 9.16. The van der Waals surface area contributed by atoms with Gasteiger partial charge < -0.3 is 10.1 Å². The Labute approximate surface area is 199 Å². The molecule has 1 aromatic heterocycles. The highest BCUT2D eigenvalue weighted by Crippen LogP contribution is 2.38. The number of rotatable bonds is 14. The topological polar surface area (TPSA) is 34.1 Å². The summed E-state index contributed by atoms with van der Waals surface area (Å²) in [5.41, 5.74) is 3.88. The molecule has 0 spiro atoms. The Hall–Kier alpha value is -2.07. The van der Waals surface area contributed by atoms with E-state index in [2.05, 4.69) is 69.9 Å². The lowest BCUT2D eigenvalue weighted by Crippen LogP contribution is -2.21. The van der Waals surface area contributed by atoms with Crippen LogP contribution in [0.4, 0.5) is 5.82 Å². The zero-order chi connectivity index (χ0) is 22.9. The first-order valence-corrected chi connectivity index (χ1v) is 13.2. The van der Waals surface area contributed by atoms with Crippen molar-refractivity contribution in [3.05, 3.63) is 58.9 Å². The molecular weight excluding hydrogens is 412 g/mol. The highest BCUT2D eigenvalue weighted by Gasteiger charge is 2.25. The van der Waals surface area contributed by atoms with Crippen molar-refractivity contribution in [3.8, 4) is 10.4 Å². The zero-order valence-electron chi connectivity index (χ0n) is 20.4. The van der Waals surface area contributed by atoms with Crippen molar-refractivity contribution in [1.82, 2.24) is 4.98 Å². The number of hydrogen-bond acceptors (Lipinski definition) is 4. The molecule has 2 aromatic rings. The second-order valence-corrected chi connectivity index (χ2v) is 10.2. The Morgan fingerprint density at radius 1 is 1.12 bits per heavy atom. The minimum Gasteiger partial charge on any atom is -0.479 e. The molecule has 0 saturated heterocycles. The number of benzene rings is 1. The fourth-order valence-corrected chi connectivity index (χ4v) is 5.17. The van der Waals surface area contributed by atoms with Crippen molar-refractivity contribution in [2.75, 3.05) is 11.9 Å². The largest absolute Gasteiger partial charge is 0.479 e. The minimum atomic E-state index is 0.570. The van der Waals surface area contributed by atoms with Crippen LogP contribution in [0.15, 0.2) is 53.9 Å². The van der Waals surface area contributed by atoms with Gasteiger partial charge in [0.25, 0.3) is 0 Å². The summed E-state index contributed by atoms with van der Waals surface area (Å²) in [6.45, 7) is 13.8. The lowest BCUT2D eigenvalue weighted by Gasteiger charge is -2.27. The number of aryl methyl sites for hydroxylation is 1. The fraction of sp³-hybridized carbons (Fsp3) is 0.536. The van der Waals surface area contributed by atoms with Gasteiger partial charge in [0.15, 0.2) is 11.7 Å². The zero-order valence-corrected chi connectivity index (χ0v) is 21.2. The predicted molar refractivity (Wildman–Crippen MR) is 139 cm³/mol. The van der Waals surface area contributed by atoms with Crippen LogP contribution in [0.1, 0.15) is 77.6 Å². The number of nitrogens with one attached hydrogen (secondary N) is 1. The number of nitrogens with zero attached hydrogens (tertiary/aromatic N) is 1. The molecule has 1 aliphatic carbocycles. The van der Waals surface area contributed by atoms with Crippen molar-refractivity contribution >= 4 is 17.2 Å². The molecule has 3 rings (SSSR count). The smallest absolute Gasteiger partial charge is 0.191 e. The summed E-state index contributed by atoms with van der Waals surface area (Å²) < 4.78 is 6.50. The maximum atomic E-state index is 6.50. The molecule has 2 unspecified atom stereocenters. The van der Waals surface area contributed by atoms with E-state index in [-0.39, 0.29) is 0 Å². The number of ether oxygens (including phenoxy) is 1. The van der Waals surface area contributed by atoms with E-state index in [1.807, 2.05) is 0 Å². The van der Waals surface area contributed by atoms with Gasteiger partial charge in [-0.1, -0.05) is 69.5 Å². The molecule has 1 heterocycles. The average molecular weight is 453 g/mol. The van der Waals surface area contributed by atoms with Crippen molar-refractivity contribution in [1.29, 1.82) is 0 Å². The Morgan fingerprint density at radius 2 is 1.88 bits per heavy atom. The molecule has 3 nitrogen and oxygen atoms in total. The summed E-state index contributed by atoms with van der Waals surface area (Å²) in [5.74, 6) is 3.15. The van der Waals surface area contributed by atoms with Gasteiger partial charge in [-0.15, -0.1) is 17.9 Å². The summed E-state index contributed by atoms with van der Waals surface area (Å²) in [6, 6.07) is 10.6. The van der Waals surface area contributed by atoms with Crippen LogP contribution >= 0.6 is 11.3 Å². The van der Waals surface area contributed by atoms with E-state index in [1.165, 1.54) is 40.8 Å². The third kappa shape index (κ3) is 6.96. The molecule has 0 aliphatic heterocycles. The second-order valence-electron chi connectivity index (χ2n) is 9.09. The quantitative estimate of drug-likeness (QED) is 0.230. The molecule has 0 bridgehead atoms. The molecule has 4 heteroatoms. The first kappa shape index (κ1) is 24.6. The number of allylic oxidation sites excluding steroid dienone is 2. The molecular formula is C28H40N2OS. The normalized spacial score (nSPS) is 14.7. The summed E-state index contributed by atoms with van der Waals surface area (Å²) in [7, 11) is 0. The van der Waals surface area contributed by atoms with Crippen molar-refractivity contribution < 1.29 is 4.74 Å². The van der Waals surface area contributed by atoms with E-state index in [9.17, 15) is 0 Å². The Bertz CT molecular complexity index is 893. The third-order valence-electron chi connectivity index (χ3n) is 6.30. The van der Waals surface area contributed by atoms with Crippen LogP contribution in [-0.4, -0.2) is 11.6 Å². The summed E-state index contributed by atoms with van der Waals surface area (Å²) in [4.78, 5) is 6.10. The SMILES string of the molecule is C=C(C)CCC(CCC)C(CC)COC(Nc1nc(CC)sc1-c1ccccc1)=C1CC1. The van der Waals surface area contributed by atoms with E-state index < -0.39 is 0 Å². The van der Waals surface area contributed by atoms with Crippen LogP contribution in [0.25, 0.3) is 10.4 Å². The predicted octanol–water partition coefficient (Wildman–Crippen LogP) is 8.61. The summed E-state index contributed by atoms with van der Waals surface area (Å²) in [5, 5.41) is 4.76. The van der Waals surface area contributed by atoms with Crippen molar-refractivity contribution in [2.24, 2.45) is 11.8 Å². The van der Waals surface area contributed by atoms with Crippen LogP contribution in [0.5, 0.6) is 0 Å². The molecule has 1 fully saturated rings. The van der Waals surface area contributed by atoms with Gasteiger partial charge in [0.05, 0.1) is 16.5 Å². The van der Waals surface area contributed by atoms with Gasteiger partial charge in [0, 0.05) is 0 Å². The highest BCUT2D eigenvalue weighted by molar-refractivity contribution is 7.15. The van der Waals surface area contributed by atoms with Gasteiger partial charge in [0.2, 0.25) is 0 Å². The fourth-order valence-electron chi connectivity index (χ4n) is 4.21. The molecule has 0 radical (unpaired) electrons. The van der Waals surface area contributed by atoms with Crippen LogP contribution in [0, 0.1) is 11.8 Å². The first-order valence-electron chi connectivity index (χ1n) is 12.4. The van der Waals surface area contributed by atoms with E-state index in [0.29, 0.717) is 11.8 Å². The molecule has 1 N–H and O–H groups in total. The van der Waals surface area contributed by atoms with Crippen LogP contribution in [0.2, 0.25) is 0 Å². The van der Waals surface area contributed by atoms with Crippen LogP contribution in [0.3, 0.4) is 0 Å². The Kier molecular flexibility index (Phi) is 9.40. The standard InChI is InChI=1S/C28H40N2OS/c1-6-12-22(16-15-20(4)5)21(7-2)19-31-28(24-17-18-24)30-27-26(32-25(8-3)29-27)23-13-10-9-11-14-23/h9-11,13-14,21-22,30H,4,6-8,12,15-19H2,1-3,5H3. The highest BCUT2D eigenvalue weighted by atomic mass is 32.1. The molecule has 0 amide bonds. The molecule has 32 heavy (non-hydrogen) atoms. The van der Waals surface area contributed by atoms with E-state index in [1.54, 1.807) is 11.3 Å². The molecule has 1 aromatic carbocycles. The Balaban J connectivity index is 1.73. The van der Waals surface area contributed by atoms with E-state index in [0.717, 1.165) is 55.4 Å². The second kappa shape index (κ2) is 12.2. The Morgan fingerprint density at radius 3 is 2.47 bits per heavy atom. The van der Waals surface area contributed by atoms with Crippen LogP contribution < -0.4 is 5.32 Å². The summed E-state index contributed by atoms with van der Waals surface area (Å²) >= 11 is 1.78. The number of aromatic nitrogens is 1. The number of anilines is 1. The van der Waals surface area contributed by atoms with Gasteiger partial charge in [-0.2, -0.15) is 0 Å². The van der Waals surface area contributed by atoms with Crippen molar-refractivity contribution in [2.45, 2.75) is 79.1 Å². The number of thiazole rings is 1. The maximum Gasteiger partial charge on any atom is 0.191 e. The monoisotopic (exact) mass is 452 g/mol. The third-order valence-corrected chi connectivity index (χ3v) is 7.55. The van der Waals surface area contributed by atoms with Gasteiger partial charge in [-0.05, 0) is 68.4 Å². The van der Waals surface area contributed by atoms with Gasteiger partial charge >= 0.3 is 0 Å². The first-order chi connectivity index (χ1) is 15.5. The van der Waals surface area contributed by atoms with Crippen LogP contribution in [-0.2, 0) is 11.2 Å². The van der Waals surface area contributed by atoms with Gasteiger partial charge in [-0.3, -0.25) is 0 Å². The molecule has 2 atom stereocenters.